The second-order valence-electron chi connectivity index (χ2n) is 7.41. The molecule has 0 aliphatic carbocycles. The van der Waals surface area contributed by atoms with E-state index in [9.17, 15) is 14.7 Å². The van der Waals surface area contributed by atoms with E-state index in [0.29, 0.717) is 30.1 Å². The van der Waals surface area contributed by atoms with Gasteiger partial charge in [0.25, 0.3) is 11.8 Å². The first-order valence-electron chi connectivity index (χ1n) is 9.89. The zero-order chi connectivity index (χ0) is 21.7. The van der Waals surface area contributed by atoms with Crippen molar-refractivity contribution in [2.24, 2.45) is 5.92 Å². The maximum absolute atomic E-state index is 13.3. The minimum absolute atomic E-state index is 0.00713. The molecule has 1 aromatic heterocycles. The summed E-state index contributed by atoms with van der Waals surface area (Å²) in [5, 5.41) is 15.6. The summed E-state index contributed by atoms with van der Waals surface area (Å²) in [6.45, 7) is 4.66. The second-order valence-corrected chi connectivity index (χ2v) is 7.41. The van der Waals surface area contributed by atoms with E-state index < -0.39 is 5.91 Å². The molecule has 1 aliphatic heterocycles. The number of para-hydroxylation sites is 1. The van der Waals surface area contributed by atoms with Gasteiger partial charge in [-0.25, -0.2) is 4.98 Å². The third-order valence-corrected chi connectivity index (χ3v) is 5.14. The lowest BCUT2D eigenvalue weighted by atomic mass is 9.99. The maximum atomic E-state index is 13.3. The maximum Gasteiger partial charge on any atom is 0.275 e. The summed E-state index contributed by atoms with van der Waals surface area (Å²) in [5.74, 6) is -0.403. The van der Waals surface area contributed by atoms with Crippen molar-refractivity contribution in [1.82, 2.24) is 20.2 Å². The molecular weight excluding hydrogens is 386 g/mol. The monoisotopic (exact) mass is 413 g/mol. The van der Waals surface area contributed by atoms with Crippen molar-refractivity contribution in [2.45, 2.75) is 26.0 Å². The van der Waals surface area contributed by atoms with E-state index in [2.05, 4.69) is 20.6 Å². The van der Waals surface area contributed by atoms with Crippen molar-refractivity contribution in [3.63, 3.8) is 0 Å². The molecule has 160 valence electrons. The first kappa shape index (κ1) is 21.7. The Bertz CT molecular complexity index is 892. The van der Waals surface area contributed by atoms with Crippen LogP contribution in [0.15, 0.2) is 36.8 Å². The van der Waals surface area contributed by atoms with Gasteiger partial charge in [0.15, 0.2) is 5.75 Å². The van der Waals surface area contributed by atoms with Crippen molar-refractivity contribution >= 4 is 17.5 Å². The van der Waals surface area contributed by atoms with E-state index in [4.69, 9.17) is 4.74 Å². The lowest BCUT2D eigenvalue weighted by molar-refractivity contribution is 0.0417. The highest BCUT2D eigenvalue weighted by atomic mass is 16.5. The third-order valence-electron chi connectivity index (χ3n) is 5.14. The molecule has 0 unspecified atom stereocenters. The van der Waals surface area contributed by atoms with Crippen LogP contribution in [0.2, 0.25) is 0 Å². The number of carbonyl (C=O) groups excluding carboxylic acids is 2. The number of hydrogen-bond acceptors (Lipinski definition) is 7. The number of nitrogens with zero attached hydrogens (tertiary/aromatic N) is 3. The van der Waals surface area contributed by atoms with Crippen molar-refractivity contribution in [1.29, 1.82) is 0 Å². The van der Waals surface area contributed by atoms with Crippen LogP contribution in [0, 0.1) is 5.92 Å². The summed E-state index contributed by atoms with van der Waals surface area (Å²) in [7, 11) is 1.83. The van der Waals surface area contributed by atoms with Gasteiger partial charge in [0.05, 0.1) is 30.1 Å². The Labute approximate surface area is 175 Å². The topological polar surface area (TPSA) is 117 Å². The highest BCUT2D eigenvalue weighted by Gasteiger charge is 2.33. The Morgan fingerprint density at radius 3 is 2.87 bits per heavy atom. The highest BCUT2D eigenvalue weighted by molar-refractivity contribution is 6.06. The van der Waals surface area contributed by atoms with Gasteiger partial charge in [-0.2, -0.15) is 0 Å². The first-order valence-corrected chi connectivity index (χ1v) is 9.89. The quantitative estimate of drug-likeness (QED) is 0.651. The van der Waals surface area contributed by atoms with Crippen LogP contribution in [0.4, 0.5) is 5.69 Å². The predicted octanol–water partition coefficient (Wildman–Crippen LogP) is 1.17. The molecule has 0 spiro atoms. The first-order chi connectivity index (χ1) is 14.5. The summed E-state index contributed by atoms with van der Waals surface area (Å²) >= 11 is 0. The highest BCUT2D eigenvalue weighted by Crippen LogP contribution is 2.34. The number of aromatic nitrogens is 2. The van der Waals surface area contributed by atoms with Gasteiger partial charge in [-0.15, -0.1) is 0 Å². The van der Waals surface area contributed by atoms with Gasteiger partial charge in [-0.05, 0) is 26.1 Å². The van der Waals surface area contributed by atoms with Crippen LogP contribution in [0.1, 0.15) is 34.7 Å². The molecule has 0 fully saturated rings. The van der Waals surface area contributed by atoms with Gasteiger partial charge in [0.1, 0.15) is 11.8 Å². The average Bonchev–Trinajstić information content (AvgIpc) is 2.76. The van der Waals surface area contributed by atoms with Gasteiger partial charge < -0.3 is 25.4 Å². The molecule has 0 saturated carbocycles. The Morgan fingerprint density at radius 1 is 1.40 bits per heavy atom. The minimum atomic E-state index is -0.451. The van der Waals surface area contributed by atoms with E-state index in [-0.39, 0.29) is 36.3 Å². The number of rotatable bonds is 6. The van der Waals surface area contributed by atoms with E-state index in [1.807, 2.05) is 14.0 Å². The fraction of sp³-hybridized carbons (Fsp3) is 0.429. The van der Waals surface area contributed by atoms with Crippen LogP contribution in [-0.2, 0) is 0 Å². The molecule has 2 heterocycles. The second kappa shape index (κ2) is 9.64. The minimum Gasteiger partial charge on any atom is -0.486 e. The van der Waals surface area contributed by atoms with Gasteiger partial charge in [-0.3, -0.25) is 14.6 Å². The van der Waals surface area contributed by atoms with Crippen molar-refractivity contribution in [3.8, 4) is 5.75 Å². The standard InChI is InChI=1S/C21H27N5O4/c1-13-11-26(14(2)12-27)21(29)15-5-4-6-16(19(15)30-18(13)10-22-3)25-20(28)17-9-23-7-8-24-17/h4-9,13-14,18,22,27H,10-12H2,1-3H3,(H,25,28)/t13-,14-,18-/m1/s1. The number of fused-ring (bicyclic) bond motifs is 1. The Morgan fingerprint density at radius 2 is 2.20 bits per heavy atom. The summed E-state index contributed by atoms with van der Waals surface area (Å²) in [4.78, 5) is 35.5. The van der Waals surface area contributed by atoms with Gasteiger partial charge >= 0.3 is 0 Å². The van der Waals surface area contributed by atoms with E-state index >= 15 is 0 Å². The van der Waals surface area contributed by atoms with Crippen LogP contribution in [0.5, 0.6) is 5.75 Å². The molecule has 1 aromatic carbocycles. The smallest absolute Gasteiger partial charge is 0.275 e. The molecule has 3 atom stereocenters. The van der Waals surface area contributed by atoms with E-state index in [1.54, 1.807) is 30.0 Å². The van der Waals surface area contributed by atoms with Crippen LogP contribution in [-0.4, -0.2) is 70.7 Å². The molecule has 0 saturated heterocycles. The van der Waals surface area contributed by atoms with Crippen LogP contribution < -0.4 is 15.4 Å². The SMILES string of the molecule is CNC[C@H]1Oc2c(NC(=O)c3cnccn3)cccc2C(=O)N([C@H](C)CO)C[C@H]1C. The Kier molecular flexibility index (Phi) is 6.96. The molecule has 3 rings (SSSR count). The number of amides is 2. The molecule has 9 heteroatoms. The molecule has 30 heavy (non-hydrogen) atoms. The molecule has 1 aliphatic rings. The molecule has 3 N–H and O–H groups in total. The van der Waals surface area contributed by atoms with Crippen molar-refractivity contribution in [2.75, 3.05) is 32.1 Å². The molecule has 2 aromatic rings. The number of carbonyl (C=O) groups is 2. The van der Waals surface area contributed by atoms with Crippen LogP contribution >= 0.6 is 0 Å². The third kappa shape index (κ3) is 4.58. The normalized spacial score (nSPS) is 19.9. The van der Waals surface area contributed by atoms with Gasteiger partial charge in [0.2, 0.25) is 0 Å². The Balaban J connectivity index is 2.03. The summed E-state index contributed by atoms with van der Waals surface area (Å²) < 4.78 is 6.27. The summed E-state index contributed by atoms with van der Waals surface area (Å²) in [5.41, 5.74) is 0.867. The van der Waals surface area contributed by atoms with Crippen molar-refractivity contribution < 1.29 is 19.4 Å². The van der Waals surface area contributed by atoms with Crippen LogP contribution in [0.3, 0.4) is 0 Å². The number of aliphatic hydroxyl groups excluding tert-OH is 1. The molecule has 2 amide bonds. The van der Waals surface area contributed by atoms with Crippen LogP contribution in [0.25, 0.3) is 0 Å². The average molecular weight is 413 g/mol. The summed E-state index contributed by atoms with van der Waals surface area (Å²) in [6, 6.07) is 4.69. The summed E-state index contributed by atoms with van der Waals surface area (Å²) in [6.07, 6.45) is 4.04. The Hall–Kier alpha value is -3.04. The molecule has 9 nitrogen and oxygen atoms in total. The van der Waals surface area contributed by atoms with Crippen molar-refractivity contribution in [3.05, 3.63) is 48.0 Å². The lowest BCUT2D eigenvalue weighted by Crippen LogP contribution is -2.49. The number of likely N-dealkylation sites (N-methyl/N-ethyl adjacent to an activating group) is 1. The number of anilines is 1. The zero-order valence-corrected chi connectivity index (χ0v) is 17.3. The largest absolute Gasteiger partial charge is 0.486 e. The number of hydrogen-bond donors (Lipinski definition) is 3. The lowest BCUT2D eigenvalue weighted by Gasteiger charge is -2.37. The number of benzene rings is 1. The molecule has 0 radical (unpaired) electrons. The zero-order valence-electron chi connectivity index (χ0n) is 17.3. The van der Waals surface area contributed by atoms with E-state index in [1.165, 1.54) is 18.6 Å². The van der Waals surface area contributed by atoms with Gasteiger partial charge in [0, 0.05) is 31.4 Å². The molecule has 0 bridgehead atoms. The van der Waals surface area contributed by atoms with E-state index in [0.717, 1.165) is 0 Å². The van der Waals surface area contributed by atoms with Gasteiger partial charge in [-0.1, -0.05) is 13.0 Å². The number of aliphatic hydroxyl groups is 1. The fourth-order valence-electron chi connectivity index (χ4n) is 3.39. The fourth-order valence-corrected chi connectivity index (χ4v) is 3.39. The number of nitrogens with one attached hydrogen (secondary N) is 2. The number of ether oxygens (including phenoxy) is 1. The predicted molar refractivity (Wildman–Crippen MR) is 112 cm³/mol. The molecular formula is C21H27N5O4.